The molecule has 0 atom stereocenters. The van der Waals surface area contributed by atoms with Gasteiger partial charge in [0.2, 0.25) is 0 Å². The summed E-state index contributed by atoms with van der Waals surface area (Å²) in [6, 6.07) is 6.26. The molecular weight excluding hydrogens is 257 g/mol. The number of carbonyl (C=O) groups excluding carboxylic acids is 1. The molecule has 2 rings (SSSR count). The van der Waals surface area contributed by atoms with Crippen LogP contribution in [0.4, 0.5) is 4.39 Å². The lowest BCUT2D eigenvalue weighted by atomic mass is 10.4. The minimum absolute atomic E-state index is 0.0793. The molecule has 0 unspecified atom stereocenters. The van der Waals surface area contributed by atoms with E-state index in [0.29, 0.717) is 4.90 Å². The van der Waals surface area contributed by atoms with Crippen molar-refractivity contribution >= 4 is 17.7 Å². The molecule has 0 aliphatic heterocycles. The van der Waals surface area contributed by atoms with Crippen molar-refractivity contribution in [3.63, 3.8) is 0 Å². The summed E-state index contributed by atoms with van der Waals surface area (Å²) in [5, 5.41) is 0.197. The zero-order valence-electron chi connectivity index (χ0n) is 9.55. The van der Waals surface area contributed by atoms with Crippen LogP contribution in [0, 0.1) is 5.82 Å². The maximum absolute atomic E-state index is 13.4. The quantitative estimate of drug-likeness (QED) is 0.796. The van der Waals surface area contributed by atoms with Gasteiger partial charge in [0.05, 0.1) is 11.5 Å². The highest BCUT2D eigenvalue weighted by molar-refractivity contribution is 7.99. The summed E-state index contributed by atoms with van der Waals surface area (Å²) >= 11 is 1.01. The van der Waals surface area contributed by atoms with Crippen LogP contribution in [0.3, 0.4) is 0 Å². The van der Waals surface area contributed by atoms with Gasteiger partial charge in [-0.3, -0.25) is 0 Å². The van der Waals surface area contributed by atoms with Crippen molar-refractivity contribution in [3.8, 4) is 0 Å². The molecule has 94 valence electrons. The lowest BCUT2D eigenvalue weighted by Gasteiger charge is -1.97. The van der Waals surface area contributed by atoms with Gasteiger partial charge in [-0.15, -0.1) is 0 Å². The van der Waals surface area contributed by atoms with Crippen LogP contribution in [0.25, 0.3) is 0 Å². The smallest absolute Gasteiger partial charge is 0.360 e. The second-order valence-electron chi connectivity index (χ2n) is 3.25. The molecule has 2 aromatic rings. The fourth-order valence-electron chi connectivity index (χ4n) is 1.22. The number of ether oxygens (including phenoxy) is 1. The molecular formula is C12H10FNO3S. The zero-order chi connectivity index (χ0) is 13.0. The van der Waals surface area contributed by atoms with Crippen LogP contribution in [0.5, 0.6) is 0 Å². The van der Waals surface area contributed by atoms with Gasteiger partial charge in [-0.25, -0.2) is 9.18 Å². The first-order valence-corrected chi connectivity index (χ1v) is 6.07. The summed E-state index contributed by atoms with van der Waals surface area (Å²) in [7, 11) is 0. The van der Waals surface area contributed by atoms with E-state index in [1.165, 1.54) is 12.3 Å². The molecule has 0 saturated carbocycles. The van der Waals surface area contributed by atoms with E-state index < -0.39 is 5.97 Å². The molecule has 1 aromatic heterocycles. The van der Waals surface area contributed by atoms with Gasteiger partial charge < -0.3 is 9.15 Å². The lowest BCUT2D eigenvalue weighted by Crippen LogP contribution is -2.04. The fourth-order valence-corrected chi connectivity index (χ4v) is 1.97. The molecule has 0 saturated heterocycles. The molecule has 18 heavy (non-hydrogen) atoms. The van der Waals surface area contributed by atoms with E-state index in [2.05, 4.69) is 4.98 Å². The van der Waals surface area contributed by atoms with Crippen LogP contribution < -0.4 is 0 Å². The molecule has 0 spiro atoms. The first kappa shape index (κ1) is 12.6. The Labute approximate surface area is 107 Å². The number of esters is 1. The number of rotatable bonds is 4. The van der Waals surface area contributed by atoms with Crippen LogP contribution in [-0.2, 0) is 4.74 Å². The van der Waals surface area contributed by atoms with Crippen molar-refractivity contribution < 1.29 is 18.3 Å². The molecule has 0 aliphatic rings. The van der Waals surface area contributed by atoms with Crippen molar-refractivity contribution in [2.45, 2.75) is 17.0 Å². The van der Waals surface area contributed by atoms with Gasteiger partial charge in [-0.2, -0.15) is 4.98 Å². The van der Waals surface area contributed by atoms with Crippen molar-refractivity contribution in [1.82, 2.24) is 4.98 Å². The van der Waals surface area contributed by atoms with Gasteiger partial charge in [-0.05, 0) is 30.8 Å². The average molecular weight is 267 g/mol. The average Bonchev–Trinajstić information content (AvgIpc) is 2.81. The molecule has 1 heterocycles. The van der Waals surface area contributed by atoms with Crippen LogP contribution in [-0.4, -0.2) is 17.6 Å². The van der Waals surface area contributed by atoms with E-state index in [0.717, 1.165) is 11.8 Å². The minimum Gasteiger partial charge on any atom is -0.461 e. The second-order valence-corrected chi connectivity index (χ2v) is 4.24. The monoisotopic (exact) mass is 267 g/mol. The van der Waals surface area contributed by atoms with Crippen LogP contribution in [0.15, 0.2) is 45.1 Å². The van der Waals surface area contributed by atoms with Crippen LogP contribution in [0.2, 0.25) is 0 Å². The first-order valence-electron chi connectivity index (χ1n) is 5.25. The van der Waals surface area contributed by atoms with E-state index in [1.807, 2.05) is 0 Å². The van der Waals surface area contributed by atoms with E-state index in [1.54, 1.807) is 25.1 Å². The molecule has 0 radical (unpaired) electrons. The highest BCUT2D eigenvalue weighted by atomic mass is 32.2. The number of hydrogen-bond acceptors (Lipinski definition) is 5. The van der Waals surface area contributed by atoms with Gasteiger partial charge in [0.25, 0.3) is 5.22 Å². The minimum atomic E-state index is -0.554. The zero-order valence-corrected chi connectivity index (χ0v) is 10.4. The number of nitrogens with zero attached hydrogens (tertiary/aromatic N) is 1. The second kappa shape index (κ2) is 5.68. The third-order valence-corrected chi connectivity index (χ3v) is 2.91. The van der Waals surface area contributed by atoms with Gasteiger partial charge in [0.15, 0.2) is 5.69 Å². The summed E-state index contributed by atoms with van der Waals surface area (Å²) in [6.45, 7) is 1.97. The van der Waals surface area contributed by atoms with Gasteiger partial charge >= 0.3 is 5.97 Å². The summed E-state index contributed by atoms with van der Waals surface area (Å²) < 4.78 is 23.2. The van der Waals surface area contributed by atoms with E-state index in [4.69, 9.17) is 9.15 Å². The largest absolute Gasteiger partial charge is 0.461 e. The predicted molar refractivity (Wildman–Crippen MR) is 63.0 cm³/mol. The number of carbonyl (C=O) groups is 1. The number of benzene rings is 1. The number of oxazole rings is 1. The van der Waals surface area contributed by atoms with Crippen molar-refractivity contribution in [3.05, 3.63) is 42.0 Å². The Morgan fingerprint density at radius 2 is 2.28 bits per heavy atom. The van der Waals surface area contributed by atoms with E-state index in [-0.39, 0.29) is 23.3 Å². The Bertz CT molecular complexity index is 556. The molecule has 0 fully saturated rings. The van der Waals surface area contributed by atoms with Gasteiger partial charge in [0.1, 0.15) is 12.1 Å². The third-order valence-electron chi connectivity index (χ3n) is 2.00. The Morgan fingerprint density at radius 1 is 1.50 bits per heavy atom. The highest BCUT2D eigenvalue weighted by Gasteiger charge is 2.14. The first-order chi connectivity index (χ1) is 8.70. The van der Waals surface area contributed by atoms with Gasteiger partial charge in [0, 0.05) is 0 Å². The van der Waals surface area contributed by atoms with Crippen LogP contribution in [0.1, 0.15) is 17.4 Å². The fraction of sp³-hybridized carbons (Fsp3) is 0.167. The number of halogens is 1. The molecule has 6 heteroatoms. The van der Waals surface area contributed by atoms with Crippen molar-refractivity contribution in [2.24, 2.45) is 0 Å². The molecule has 1 aromatic carbocycles. The van der Waals surface area contributed by atoms with E-state index in [9.17, 15) is 9.18 Å². The molecule has 0 N–H and O–H groups in total. The van der Waals surface area contributed by atoms with Crippen molar-refractivity contribution in [2.75, 3.05) is 6.61 Å². The summed E-state index contributed by atoms with van der Waals surface area (Å²) in [4.78, 5) is 15.7. The maximum atomic E-state index is 13.4. The molecule has 0 amide bonds. The summed E-state index contributed by atoms with van der Waals surface area (Å²) in [5.74, 6) is -0.917. The molecule has 4 nitrogen and oxygen atoms in total. The Kier molecular flexibility index (Phi) is 3.99. The van der Waals surface area contributed by atoms with Crippen molar-refractivity contribution in [1.29, 1.82) is 0 Å². The van der Waals surface area contributed by atoms with E-state index >= 15 is 0 Å². The predicted octanol–water partition coefficient (Wildman–Crippen LogP) is 3.14. The number of hydrogen-bond donors (Lipinski definition) is 0. The standard InChI is InChI=1S/C12H10FNO3S/c1-2-16-11(15)9-7-17-12(14-9)18-10-6-4-3-5-8(10)13/h3-7H,2H2,1H3. The Balaban J connectivity index is 2.12. The highest BCUT2D eigenvalue weighted by Crippen LogP contribution is 2.28. The van der Waals surface area contributed by atoms with Gasteiger partial charge in [-0.1, -0.05) is 12.1 Å². The Morgan fingerprint density at radius 3 is 3.00 bits per heavy atom. The third kappa shape index (κ3) is 2.89. The SMILES string of the molecule is CCOC(=O)c1coc(Sc2ccccc2F)n1. The number of aromatic nitrogens is 1. The topological polar surface area (TPSA) is 52.3 Å². The summed E-state index contributed by atoms with van der Waals surface area (Å²) in [6.07, 6.45) is 1.20. The summed E-state index contributed by atoms with van der Waals surface area (Å²) in [5.41, 5.74) is 0.0793. The molecule has 0 bridgehead atoms. The Hall–Kier alpha value is -1.82. The van der Waals surface area contributed by atoms with Crippen LogP contribution >= 0.6 is 11.8 Å². The molecule has 0 aliphatic carbocycles. The maximum Gasteiger partial charge on any atom is 0.360 e. The normalized spacial score (nSPS) is 10.3. The lowest BCUT2D eigenvalue weighted by molar-refractivity contribution is 0.0519.